The van der Waals surface area contributed by atoms with Gasteiger partial charge in [0.1, 0.15) is 5.82 Å². The summed E-state index contributed by atoms with van der Waals surface area (Å²) in [5.74, 6) is -2.91. The number of halogens is 1. The van der Waals surface area contributed by atoms with Crippen LogP contribution in [0.5, 0.6) is 0 Å². The molecule has 0 aromatic heterocycles. The topological polar surface area (TPSA) is 86.6 Å². The van der Waals surface area contributed by atoms with Gasteiger partial charge < -0.3 is 15.5 Å². The lowest BCUT2D eigenvalue weighted by Gasteiger charge is -2.16. The Bertz CT molecular complexity index is 771. The van der Waals surface area contributed by atoms with Gasteiger partial charge in [0, 0.05) is 5.69 Å². The Morgan fingerprint density at radius 3 is 2.23 bits per heavy atom. The molecular formula is C16H14FNO4. The van der Waals surface area contributed by atoms with Crippen molar-refractivity contribution in [2.45, 2.75) is 13.8 Å². The van der Waals surface area contributed by atoms with Gasteiger partial charge >= 0.3 is 11.9 Å². The van der Waals surface area contributed by atoms with Gasteiger partial charge in [-0.05, 0) is 49.2 Å². The first-order valence-corrected chi connectivity index (χ1v) is 6.44. The van der Waals surface area contributed by atoms with E-state index in [1.807, 2.05) is 0 Å². The number of anilines is 2. The van der Waals surface area contributed by atoms with Crippen molar-refractivity contribution in [2.24, 2.45) is 0 Å². The van der Waals surface area contributed by atoms with Crippen LogP contribution >= 0.6 is 0 Å². The van der Waals surface area contributed by atoms with E-state index in [4.69, 9.17) is 0 Å². The summed E-state index contributed by atoms with van der Waals surface area (Å²) in [5.41, 5.74) is 1.11. The van der Waals surface area contributed by atoms with Gasteiger partial charge in [-0.1, -0.05) is 6.07 Å². The molecule has 5 nitrogen and oxygen atoms in total. The summed E-state index contributed by atoms with van der Waals surface area (Å²) in [6, 6.07) is 6.70. The molecule has 2 aromatic rings. The smallest absolute Gasteiger partial charge is 0.338 e. The predicted molar refractivity (Wildman–Crippen MR) is 79.5 cm³/mol. The largest absolute Gasteiger partial charge is 0.478 e. The SMILES string of the molecule is Cc1cc(F)ccc1Nc1c(C(=O)O)ccc(C)c1C(=O)O. The van der Waals surface area contributed by atoms with Crippen molar-refractivity contribution >= 4 is 23.3 Å². The minimum Gasteiger partial charge on any atom is -0.478 e. The van der Waals surface area contributed by atoms with E-state index in [0.29, 0.717) is 16.8 Å². The molecule has 0 atom stereocenters. The summed E-state index contributed by atoms with van der Waals surface area (Å²) < 4.78 is 13.1. The molecule has 0 saturated heterocycles. The monoisotopic (exact) mass is 303 g/mol. The molecule has 6 heteroatoms. The van der Waals surface area contributed by atoms with E-state index in [9.17, 15) is 24.2 Å². The highest BCUT2D eigenvalue weighted by Crippen LogP contribution is 2.30. The zero-order valence-corrected chi connectivity index (χ0v) is 12.0. The third kappa shape index (κ3) is 2.90. The zero-order chi connectivity index (χ0) is 16.4. The minimum atomic E-state index is -1.25. The standard InChI is InChI=1S/C16H14FNO4/c1-8-3-5-11(15(19)20)14(13(8)16(21)22)18-12-6-4-10(17)7-9(12)2/h3-7,18H,1-2H3,(H,19,20)(H,21,22). The molecule has 0 bridgehead atoms. The molecule has 0 amide bonds. The van der Waals surface area contributed by atoms with Crippen LogP contribution in [0.1, 0.15) is 31.8 Å². The maximum atomic E-state index is 13.1. The van der Waals surface area contributed by atoms with Gasteiger partial charge in [-0.25, -0.2) is 14.0 Å². The van der Waals surface area contributed by atoms with Gasteiger partial charge in [0.2, 0.25) is 0 Å². The molecule has 2 aromatic carbocycles. The number of hydrogen-bond acceptors (Lipinski definition) is 3. The molecule has 22 heavy (non-hydrogen) atoms. The van der Waals surface area contributed by atoms with Gasteiger partial charge in [-0.3, -0.25) is 0 Å². The van der Waals surface area contributed by atoms with E-state index < -0.39 is 17.8 Å². The van der Waals surface area contributed by atoms with Gasteiger partial charge in [0.25, 0.3) is 0 Å². The van der Waals surface area contributed by atoms with Gasteiger partial charge in [-0.15, -0.1) is 0 Å². The maximum absolute atomic E-state index is 13.1. The van der Waals surface area contributed by atoms with E-state index in [-0.39, 0.29) is 16.8 Å². The quantitative estimate of drug-likeness (QED) is 0.803. The molecular weight excluding hydrogens is 289 g/mol. The van der Waals surface area contributed by atoms with E-state index in [2.05, 4.69) is 5.32 Å². The van der Waals surface area contributed by atoms with Crippen LogP contribution in [0.15, 0.2) is 30.3 Å². The Hall–Kier alpha value is -2.89. The van der Waals surface area contributed by atoms with Crippen molar-refractivity contribution in [3.05, 3.63) is 58.4 Å². The van der Waals surface area contributed by atoms with Crippen LogP contribution in [0.2, 0.25) is 0 Å². The average molecular weight is 303 g/mol. The lowest BCUT2D eigenvalue weighted by Crippen LogP contribution is -2.11. The third-order valence-electron chi connectivity index (χ3n) is 3.31. The van der Waals surface area contributed by atoms with Crippen molar-refractivity contribution in [2.75, 3.05) is 5.32 Å². The average Bonchev–Trinajstić information content (AvgIpc) is 2.41. The Labute approximate surface area is 126 Å². The molecule has 0 aliphatic carbocycles. The van der Waals surface area contributed by atoms with Crippen molar-refractivity contribution in [1.82, 2.24) is 0 Å². The molecule has 0 radical (unpaired) electrons. The number of aromatic carboxylic acids is 2. The fourth-order valence-electron chi connectivity index (χ4n) is 2.19. The van der Waals surface area contributed by atoms with Crippen LogP contribution in [0.25, 0.3) is 0 Å². The van der Waals surface area contributed by atoms with E-state index in [1.54, 1.807) is 13.8 Å². The van der Waals surface area contributed by atoms with Crippen LogP contribution < -0.4 is 5.32 Å². The fraction of sp³-hybridized carbons (Fsp3) is 0.125. The number of carbonyl (C=O) groups is 2. The highest BCUT2D eigenvalue weighted by Gasteiger charge is 2.21. The second-order valence-electron chi connectivity index (χ2n) is 4.87. The van der Waals surface area contributed by atoms with E-state index in [1.165, 1.54) is 30.3 Å². The molecule has 0 spiro atoms. The fourth-order valence-corrected chi connectivity index (χ4v) is 2.19. The van der Waals surface area contributed by atoms with Crippen molar-refractivity contribution in [3.63, 3.8) is 0 Å². The predicted octanol–water partition coefficient (Wildman–Crippen LogP) is 3.58. The van der Waals surface area contributed by atoms with Crippen molar-refractivity contribution in [1.29, 1.82) is 0 Å². The summed E-state index contributed by atoms with van der Waals surface area (Å²) in [6.45, 7) is 3.22. The molecule has 2 rings (SSSR count). The number of benzene rings is 2. The van der Waals surface area contributed by atoms with Crippen LogP contribution in [-0.4, -0.2) is 22.2 Å². The Morgan fingerprint density at radius 2 is 1.68 bits per heavy atom. The highest BCUT2D eigenvalue weighted by atomic mass is 19.1. The van der Waals surface area contributed by atoms with E-state index in [0.717, 1.165) is 0 Å². The molecule has 0 unspecified atom stereocenters. The molecule has 0 fully saturated rings. The van der Waals surface area contributed by atoms with Gasteiger partial charge in [-0.2, -0.15) is 0 Å². The van der Waals surface area contributed by atoms with Crippen LogP contribution in [-0.2, 0) is 0 Å². The van der Waals surface area contributed by atoms with Crippen LogP contribution in [0.3, 0.4) is 0 Å². The summed E-state index contributed by atoms with van der Waals surface area (Å²) in [6.07, 6.45) is 0. The number of carboxylic acids is 2. The number of carboxylic acid groups (broad SMARTS) is 2. The number of rotatable bonds is 4. The first-order valence-electron chi connectivity index (χ1n) is 6.44. The highest BCUT2D eigenvalue weighted by molar-refractivity contribution is 6.05. The lowest BCUT2D eigenvalue weighted by molar-refractivity contribution is 0.0695. The maximum Gasteiger partial charge on any atom is 0.338 e. The Balaban J connectivity index is 2.64. The number of aryl methyl sites for hydroxylation is 2. The second kappa shape index (κ2) is 5.85. The molecule has 0 heterocycles. The number of hydrogen-bond donors (Lipinski definition) is 3. The van der Waals surface area contributed by atoms with Gasteiger partial charge in [0.05, 0.1) is 16.8 Å². The molecule has 114 valence electrons. The second-order valence-corrected chi connectivity index (χ2v) is 4.87. The first kappa shape index (κ1) is 15.5. The van der Waals surface area contributed by atoms with Gasteiger partial charge in [0.15, 0.2) is 0 Å². The zero-order valence-electron chi connectivity index (χ0n) is 12.0. The minimum absolute atomic E-state index is 0.0188. The molecule has 0 aliphatic heterocycles. The van der Waals surface area contributed by atoms with Crippen molar-refractivity contribution < 1.29 is 24.2 Å². The lowest BCUT2D eigenvalue weighted by atomic mass is 10.0. The van der Waals surface area contributed by atoms with Crippen LogP contribution in [0.4, 0.5) is 15.8 Å². The van der Waals surface area contributed by atoms with Crippen molar-refractivity contribution in [3.8, 4) is 0 Å². The van der Waals surface area contributed by atoms with Crippen LogP contribution in [0, 0.1) is 19.7 Å². The Kier molecular flexibility index (Phi) is 4.12. The summed E-state index contributed by atoms with van der Waals surface area (Å²) in [5, 5.41) is 21.4. The normalized spacial score (nSPS) is 10.3. The van der Waals surface area contributed by atoms with E-state index >= 15 is 0 Å². The molecule has 0 saturated carbocycles. The molecule has 3 N–H and O–H groups in total. The summed E-state index contributed by atoms with van der Waals surface area (Å²) >= 11 is 0. The summed E-state index contributed by atoms with van der Waals surface area (Å²) in [7, 11) is 0. The number of nitrogens with one attached hydrogen (secondary N) is 1. The summed E-state index contributed by atoms with van der Waals surface area (Å²) in [4.78, 5) is 22.8. The first-order chi connectivity index (χ1) is 10.3. The molecule has 0 aliphatic rings. The Morgan fingerprint density at radius 1 is 1.00 bits per heavy atom. The third-order valence-corrected chi connectivity index (χ3v) is 3.31.